The van der Waals surface area contributed by atoms with Crippen molar-refractivity contribution in [3.05, 3.63) is 35.4 Å². The highest BCUT2D eigenvalue weighted by atomic mass is 16.5. The first-order valence-corrected chi connectivity index (χ1v) is 7.75. The molecule has 20 heavy (non-hydrogen) atoms. The summed E-state index contributed by atoms with van der Waals surface area (Å²) in [4.78, 5) is 0. The van der Waals surface area contributed by atoms with Crippen LogP contribution in [-0.4, -0.2) is 30.5 Å². The summed E-state index contributed by atoms with van der Waals surface area (Å²) in [5, 5.41) is 13.7. The fourth-order valence-corrected chi connectivity index (χ4v) is 2.55. The second-order valence-electron chi connectivity index (χ2n) is 5.97. The summed E-state index contributed by atoms with van der Waals surface area (Å²) in [5.74, 6) is 0. The normalized spacial score (nSPS) is 23.9. The molecule has 2 atom stereocenters. The van der Waals surface area contributed by atoms with Gasteiger partial charge in [-0.25, -0.2) is 0 Å². The highest BCUT2D eigenvalue weighted by molar-refractivity contribution is 5.24. The van der Waals surface area contributed by atoms with Crippen molar-refractivity contribution in [2.45, 2.75) is 51.2 Å². The molecular formula is C17H27NO2. The van der Waals surface area contributed by atoms with Crippen LogP contribution in [0.2, 0.25) is 0 Å². The third kappa shape index (κ3) is 4.30. The molecule has 2 unspecified atom stereocenters. The third-order valence-electron chi connectivity index (χ3n) is 4.12. The van der Waals surface area contributed by atoms with Crippen LogP contribution in [0.5, 0.6) is 0 Å². The average Bonchev–Trinajstić information content (AvgIpc) is 2.90. The van der Waals surface area contributed by atoms with Crippen LogP contribution in [0.25, 0.3) is 0 Å². The number of hydrogen-bond donors (Lipinski definition) is 2. The highest BCUT2D eigenvalue weighted by Crippen LogP contribution is 2.20. The molecule has 1 fully saturated rings. The largest absolute Gasteiger partial charge is 0.386 e. The number of hydrogen-bond acceptors (Lipinski definition) is 3. The quantitative estimate of drug-likeness (QED) is 0.805. The van der Waals surface area contributed by atoms with E-state index in [9.17, 15) is 5.11 Å². The van der Waals surface area contributed by atoms with Crippen LogP contribution in [0.1, 0.15) is 50.3 Å². The summed E-state index contributed by atoms with van der Waals surface area (Å²) in [6.07, 6.45) is 4.37. The minimum atomic E-state index is -0.685. The number of ether oxygens (including phenoxy) is 1. The smallest absolute Gasteiger partial charge is 0.103 e. The van der Waals surface area contributed by atoms with E-state index in [1.165, 1.54) is 24.0 Å². The van der Waals surface area contributed by atoms with E-state index in [-0.39, 0.29) is 6.04 Å². The van der Waals surface area contributed by atoms with E-state index in [4.69, 9.17) is 4.74 Å². The molecule has 0 bridgehead atoms. The Bertz CT molecular complexity index is 396. The monoisotopic (exact) mass is 277 g/mol. The number of unbranched alkanes of at least 4 members (excludes halogenated alkanes) is 1. The summed E-state index contributed by atoms with van der Waals surface area (Å²) in [6, 6.07) is 9.07. The third-order valence-corrected chi connectivity index (χ3v) is 4.12. The van der Waals surface area contributed by atoms with Gasteiger partial charge in [-0.2, -0.15) is 0 Å². The second-order valence-corrected chi connectivity index (χ2v) is 5.97. The van der Waals surface area contributed by atoms with Crippen LogP contribution in [0.3, 0.4) is 0 Å². The molecule has 3 nitrogen and oxygen atoms in total. The Labute approximate surface area is 122 Å². The molecule has 0 aliphatic carbocycles. The van der Waals surface area contributed by atoms with E-state index >= 15 is 0 Å². The van der Waals surface area contributed by atoms with Crippen LogP contribution in [0.15, 0.2) is 24.3 Å². The molecule has 2 N–H and O–H groups in total. The average molecular weight is 277 g/mol. The molecule has 0 radical (unpaired) electrons. The Balaban J connectivity index is 1.84. The van der Waals surface area contributed by atoms with Crippen LogP contribution in [0.4, 0.5) is 0 Å². The van der Waals surface area contributed by atoms with Crippen molar-refractivity contribution >= 4 is 0 Å². The van der Waals surface area contributed by atoms with Crippen molar-refractivity contribution in [2.24, 2.45) is 0 Å². The molecule has 3 heteroatoms. The van der Waals surface area contributed by atoms with Gasteiger partial charge in [-0.1, -0.05) is 37.6 Å². The Morgan fingerprint density at radius 3 is 2.70 bits per heavy atom. The summed E-state index contributed by atoms with van der Waals surface area (Å²) in [6.45, 7) is 6.06. The zero-order valence-corrected chi connectivity index (χ0v) is 12.7. The van der Waals surface area contributed by atoms with Crippen LogP contribution < -0.4 is 5.32 Å². The maximum absolute atomic E-state index is 10.2. The standard InChI is InChI=1S/C17H27NO2/c1-3-4-5-15-6-8-16(9-7-15)14(2)18-12-17(19)10-11-20-13-17/h6-9,14,18-19H,3-5,10-13H2,1-2H3. The minimum Gasteiger partial charge on any atom is -0.386 e. The Hall–Kier alpha value is -0.900. The van der Waals surface area contributed by atoms with Gasteiger partial charge in [0.25, 0.3) is 0 Å². The lowest BCUT2D eigenvalue weighted by Gasteiger charge is -2.24. The first-order valence-electron chi connectivity index (χ1n) is 7.75. The lowest BCUT2D eigenvalue weighted by atomic mass is 10.0. The minimum absolute atomic E-state index is 0.250. The highest BCUT2D eigenvalue weighted by Gasteiger charge is 2.32. The van der Waals surface area contributed by atoms with Crippen molar-refractivity contribution in [1.82, 2.24) is 5.32 Å². The van der Waals surface area contributed by atoms with Crippen molar-refractivity contribution < 1.29 is 9.84 Å². The van der Waals surface area contributed by atoms with E-state index < -0.39 is 5.60 Å². The lowest BCUT2D eigenvalue weighted by Crippen LogP contribution is -2.41. The Morgan fingerprint density at radius 1 is 1.35 bits per heavy atom. The fraction of sp³-hybridized carbons (Fsp3) is 0.647. The van der Waals surface area contributed by atoms with Gasteiger partial charge in [0.2, 0.25) is 0 Å². The number of rotatable bonds is 7. The van der Waals surface area contributed by atoms with Crippen LogP contribution in [-0.2, 0) is 11.2 Å². The van der Waals surface area contributed by atoms with Crippen molar-refractivity contribution in [1.29, 1.82) is 0 Å². The first kappa shape index (κ1) is 15.5. The van der Waals surface area contributed by atoms with Gasteiger partial charge in [0.1, 0.15) is 5.60 Å². The molecule has 1 aromatic rings. The summed E-state index contributed by atoms with van der Waals surface area (Å²) < 4.78 is 5.26. The van der Waals surface area contributed by atoms with E-state index in [2.05, 4.69) is 43.4 Å². The van der Waals surface area contributed by atoms with Gasteiger partial charge >= 0.3 is 0 Å². The molecular weight excluding hydrogens is 250 g/mol. The van der Waals surface area contributed by atoms with Crippen molar-refractivity contribution in [2.75, 3.05) is 19.8 Å². The number of nitrogens with one attached hydrogen (secondary N) is 1. The SMILES string of the molecule is CCCCc1ccc(C(C)NCC2(O)CCOC2)cc1. The molecule has 112 valence electrons. The van der Waals surface area contributed by atoms with E-state index in [1.807, 2.05) is 0 Å². The number of aryl methyl sites for hydroxylation is 1. The predicted molar refractivity (Wildman–Crippen MR) is 81.9 cm³/mol. The first-order chi connectivity index (χ1) is 9.63. The number of aliphatic hydroxyl groups is 1. The molecule has 1 heterocycles. The molecule has 1 aromatic carbocycles. The topological polar surface area (TPSA) is 41.5 Å². The summed E-state index contributed by atoms with van der Waals surface area (Å²) in [5.41, 5.74) is 1.99. The summed E-state index contributed by atoms with van der Waals surface area (Å²) >= 11 is 0. The molecule has 1 aliphatic heterocycles. The predicted octanol–water partition coefficient (Wildman–Crippen LogP) is 2.83. The maximum atomic E-state index is 10.2. The zero-order valence-electron chi connectivity index (χ0n) is 12.7. The molecule has 1 saturated heterocycles. The Morgan fingerprint density at radius 2 is 2.10 bits per heavy atom. The maximum Gasteiger partial charge on any atom is 0.103 e. The molecule has 0 aromatic heterocycles. The number of benzene rings is 1. The van der Waals surface area contributed by atoms with Gasteiger partial charge < -0.3 is 15.2 Å². The van der Waals surface area contributed by atoms with Crippen LogP contribution in [0, 0.1) is 0 Å². The van der Waals surface area contributed by atoms with Gasteiger partial charge in [0, 0.05) is 25.6 Å². The van der Waals surface area contributed by atoms with Crippen molar-refractivity contribution in [3.63, 3.8) is 0 Å². The molecule has 1 aliphatic rings. The Kier molecular flexibility index (Phi) is 5.58. The lowest BCUT2D eigenvalue weighted by molar-refractivity contribution is 0.0252. The van der Waals surface area contributed by atoms with Crippen molar-refractivity contribution in [3.8, 4) is 0 Å². The van der Waals surface area contributed by atoms with Gasteiger partial charge in [-0.15, -0.1) is 0 Å². The second kappa shape index (κ2) is 7.21. The van der Waals surface area contributed by atoms with Gasteiger partial charge in [0.05, 0.1) is 6.61 Å². The van der Waals surface area contributed by atoms with Gasteiger partial charge in [-0.3, -0.25) is 0 Å². The molecule has 0 saturated carbocycles. The molecule has 0 spiro atoms. The van der Waals surface area contributed by atoms with E-state index in [1.54, 1.807) is 0 Å². The van der Waals surface area contributed by atoms with Crippen LogP contribution >= 0.6 is 0 Å². The van der Waals surface area contributed by atoms with Gasteiger partial charge in [-0.05, 0) is 30.9 Å². The molecule has 0 amide bonds. The summed E-state index contributed by atoms with van der Waals surface area (Å²) in [7, 11) is 0. The fourth-order valence-electron chi connectivity index (χ4n) is 2.55. The van der Waals surface area contributed by atoms with E-state index in [0.717, 1.165) is 12.8 Å². The zero-order chi connectivity index (χ0) is 14.4. The molecule has 2 rings (SSSR count). The van der Waals surface area contributed by atoms with E-state index in [0.29, 0.717) is 19.8 Å². The van der Waals surface area contributed by atoms with Gasteiger partial charge in [0.15, 0.2) is 0 Å².